The number of nitrogens with zero attached hydrogens (tertiary/aromatic N) is 4. The van der Waals surface area contributed by atoms with Crippen molar-refractivity contribution in [1.29, 1.82) is 10.5 Å². The van der Waals surface area contributed by atoms with Gasteiger partial charge in [0.05, 0.1) is 23.5 Å². The van der Waals surface area contributed by atoms with Gasteiger partial charge in [-0.3, -0.25) is 20.4 Å². The lowest BCUT2D eigenvalue weighted by Crippen LogP contribution is -2.45. The van der Waals surface area contributed by atoms with Crippen LogP contribution in [0.5, 0.6) is 0 Å². The monoisotopic (exact) mass is 604 g/mol. The number of hydrogen-bond donors (Lipinski definition) is 2. The highest BCUT2D eigenvalue weighted by Gasteiger charge is 2.42. The summed E-state index contributed by atoms with van der Waals surface area (Å²) in [6.07, 6.45) is 5.24. The molecule has 0 amide bonds. The quantitative estimate of drug-likeness (QED) is 0.242. The molecule has 2 saturated carbocycles. The first-order chi connectivity index (χ1) is 22.7. The van der Waals surface area contributed by atoms with Crippen molar-refractivity contribution in [3.05, 3.63) is 130 Å². The Kier molecular flexibility index (Phi) is 7.90. The summed E-state index contributed by atoms with van der Waals surface area (Å²) in [5.74, 6) is 1.05. The van der Waals surface area contributed by atoms with Crippen molar-refractivity contribution in [2.45, 2.75) is 61.9 Å². The van der Waals surface area contributed by atoms with Gasteiger partial charge in [0.2, 0.25) is 0 Å². The predicted octanol–water partition coefficient (Wildman–Crippen LogP) is 6.80. The van der Waals surface area contributed by atoms with Crippen LogP contribution in [0.1, 0.15) is 83.2 Å². The summed E-state index contributed by atoms with van der Waals surface area (Å²) in [5, 5.41) is 26.7. The second-order valence-corrected chi connectivity index (χ2v) is 13.5. The van der Waals surface area contributed by atoms with Gasteiger partial charge in [-0.05, 0) is 83.0 Å². The van der Waals surface area contributed by atoms with Crippen LogP contribution in [0.15, 0.2) is 97.1 Å². The summed E-state index contributed by atoms with van der Waals surface area (Å²) in [6.45, 7) is 4.23. The van der Waals surface area contributed by atoms with Crippen molar-refractivity contribution in [3.63, 3.8) is 0 Å². The molecule has 46 heavy (non-hydrogen) atoms. The van der Waals surface area contributed by atoms with E-state index in [1.165, 1.54) is 22.3 Å². The van der Waals surface area contributed by atoms with Crippen LogP contribution < -0.4 is 10.6 Å². The van der Waals surface area contributed by atoms with E-state index in [1.807, 2.05) is 12.1 Å². The molecule has 4 aromatic rings. The Bertz CT molecular complexity index is 1690. The maximum absolute atomic E-state index is 9.75. The molecule has 0 spiro atoms. The molecule has 4 aromatic carbocycles. The van der Waals surface area contributed by atoms with Gasteiger partial charge in [-0.2, -0.15) is 10.5 Å². The van der Waals surface area contributed by atoms with Crippen LogP contribution in [-0.4, -0.2) is 48.1 Å². The first-order valence-corrected chi connectivity index (χ1v) is 16.9. The van der Waals surface area contributed by atoms with Crippen molar-refractivity contribution in [2.24, 2.45) is 0 Å². The second kappa shape index (κ2) is 12.5. The first-order valence-electron chi connectivity index (χ1n) is 16.9. The van der Waals surface area contributed by atoms with Crippen molar-refractivity contribution in [2.75, 3.05) is 26.2 Å². The minimum absolute atomic E-state index is 0.295. The number of rotatable bonds is 7. The molecule has 6 heteroatoms. The van der Waals surface area contributed by atoms with Crippen LogP contribution in [0.25, 0.3) is 11.1 Å². The minimum Gasteiger partial charge on any atom is -0.297 e. The summed E-state index contributed by atoms with van der Waals surface area (Å²) < 4.78 is 0. The Morgan fingerprint density at radius 3 is 1.50 bits per heavy atom. The standard InChI is InChI=1S/C40H40N6/c41-25-30-12-11-29(17-36(30)26-42)31-18-32(34-21-37(22-34)45-15-13-43-39(45)27-7-3-1-4-8-27)20-33(19-31)35-23-38(24-35)46-16-14-44-40(46)28-9-5-2-6-10-28/h1-12,17-20,34-35,37-40,43-44H,13-16,21-24H2. The Morgan fingerprint density at radius 2 is 1.02 bits per heavy atom. The van der Waals surface area contributed by atoms with Gasteiger partial charge in [0.25, 0.3) is 0 Å². The number of nitrogens with one attached hydrogen (secondary N) is 2. The summed E-state index contributed by atoms with van der Waals surface area (Å²) >= 11 is 0. The summed E-state index contributed by atoms with van der Waals surface area (Å²) in [5.41, 5.74) is 8.61. The molecule has 4 fully saturated rings. The average Bonchev–Trinajstić information content (AvgIpc) is 3.75. The van der Waals surface area contributed by atoms with Crippen LogP contribution in [0.2, 0.25) is 0 Å². The maximum Gasteiger partial charge on any atom is 0.101 e. The Balaban J connectivity index is 1.04. The van der Waals surface area contributed by atoms with Crippen molar-refractivity contribution in [3.8, 4) is 23.3 Å². The molecule has 2 N–H and O–H groups in total. The van der Waals surface area contributed by atoms with Gasteiger partial charge < -0.3 is 0 Å². The van der Waals surface area contributed by atoms with E-state index in [9.17, 15) is 10.5 Å². The lowest BCUT2D eigenvalue weighted by molar-refractivity contribution is 0.0894. The highest BCUT2D eigenvalue weighted by atomic mass is 15.4. The lowest BCUT2D eigenvalue weighted by Gasteiger charge is -2.45. The summed E-state index contributed by atoms with van der Waals surface area (Å²) in [7, 11) is 0. The average molecular weight is 605 g/mol. The summed E-state index contributed by atoms with van der Waals surface area (Å²) in [6, 6.07) is 40.2. The highest BCUT2D eigenvalue weighted by Crippen LogP contribution is 2.48. The third-order valence-electron chi connectivity index (χ3n) is 11.0. The second-order valence-electron chi connectivity index (χ2n) is 13.5. The first kappa shape index (κ1) is 29.1. The molecule has 4 aliphatic rings. The highest BCUT2D eigenvalue weighted by molar-refractivity contribution is 5.69. The van der Waals surface area contributed by atoms with Gasteiger partial charge in [0.1, 0.15) is 12.1 Å². The molecular weight excluding hydrogens is 564 g/mol. The molecule has 8 rings (SSSR count). The molecule has 0 bridgehead atoms. The predicted molar refractivity (Wildman–Crippen MR) is 181 cm³/mol. The zero-order chi connectivity index (χ0) is 31.0. The van der Waals surface area contributed by atoms with E-state index in [0.717, 1.165) is 63.0 Å². The number of hydrogen-bond acceptors (Lipinski definition) is 6. The molecular formula is C40H40N6. The molecule has 6 nitrogen and oxygen atoms in total. The maximum atomic E-state index is 9.75. The largest absolute Gasteiger partial charge is 0.297 e. The van der Waals surface area contributed by atoms with Crippen LogP contribution in [0.3, 0.4) is 0 Å². The van der Waals surface area contributed by atoms with Gasteiger partial charge in [0.15, 0.2) is 0 Å². The fourth-order valence-corrected chi connectivity index (χ4v) is 8.32. The normalized spacial score (nSPS) is 27.8. The van der Waals surface area contributed by atoms with Crippen LogP contribution in [0.4, 0.5) is 0 Å². The smallest absolute Gasteiger partial charge is 0.101 e. The van der Waals surface area contributed by atoms with Crippen LogP contribution in [-0.2, 0) is 0 Å². The third-order valence-corrected chi connectivity index (χ3v) is 11.0. The number of benzene rings is 4. The van der Waals surface area contributed by atoms with E-state index >= 15 is 0 Å². The molecule has 2 aliphatic carbocycles. The molecule has 2 unspecified atom stereocenters. The Hall–Kier alpha value is -4.30. The van der Waals surface area contributed by atoms with Gasteiger partial charge in [-0.25, -0.2) is 0 Å². The van der Waals surface area contributed by atoms with Crippen LogP contribution in [0, 0.1) is 22.7 Å². The minimum atomic E-state index is 0.295. The number of nitriles is 2. The van der Waals surface area contributed by atoms with Gasteiger partial charge in [-0.1, -0.05) is 84.9 Å². The van der Waals surface area contributed by atoms with E-state index < -0.39 is 0 Å². The zero-order valence-corrected chi connectivity index (χ0v) is 26.1. The van der Waals surface area contributed by atoms with E-state index in [-0.39, 0.29) is 0 Å². The Labute approximate surface area is 272 Å². The van der Waals surface area contributed by atoms with Gasteiger partial charge in [-0.15, -0.1) is 0 Å². The lowest BCUT2D eigenvalue weighted by atomic mass is 9.70. The van der Waals surface area contributed by atoms with E-state index in [1.54, 1.807) is 6.07 Å². The zero-order valence-electron chi connectivity index (χ0n) is 26.1. The molecule has 0 radical (unpaired) electrons. The molecule has 2 heterocycles. The van der Waals surface area contributed by atoms with Crippen molar-refractivity contribution >= 4 is 0 Å². The van der Waals surface area contributed by atoms with Crippen molar-refractivity contribution in [1.82, 2.24) is 20.4 Å². The fraction of sp³-hybridized carbons (Fsp3) is 0.350. The topological polar surface area (TPSA) is 78.1 Å². The Morgan fingerprint density at radius 1 is 0.522 bits per heavy atom. The van der Waals surface area contributed by atoms with Gasteiger partial charge >= 0.3 is 0 Å². The van der Waals surface area contributed by atoms with E-state index in [0.29, 0.717) is 47.4 Å². The summed E-state index contributed by atoms with van der Waals surface area (Å²) in [4.78, 5) is 5.33. The van der Waals surface area contributed by atoms with Crippen LogP contribution >= 0.6 is 0 Å². The molecule has 0 aromatic heterocycles. The molecule has 230 valence electrons. The van der Waals surface area contributed by atoms with E-state index in [2.05, 4.69) is 111 Å². The van der Waals surface area contributed by atoms with Gasteiger partial charge in [0, 0.05) is 38.3 Å². The fourth-order valence-electron chi connectivity index (χ4n) is 8.32. The van der Waals surface area contributed by atoms with Crippen molar-refractivity contribution < 1.29 is 0 Å². The molecule has 2 atom stereocenters. The van der Waals surface area contributed by atoms with E-state index in [4.69, 9.17) is 0 Å². The SMILES string of the molecule is N#Cc1ccc(-c2cc(C3CC(N4CCNC4c4ccccc4)C3)cc(C3CC(N4CCNC4c4ccccc4)C3)c2)cc1C#N. The molecule has 2 aliphatic heterocycles. The third kappa shape index (κ3) is 5.42. The molecule has 2 saturated heterocycles.